The fraction of sp³-hybridized carbons (Fsp3) is 0.0870. The van der Waals surface area contributed by atoms with Crippen LogP contribution < -0.4 is 14.8 Å². The molecule has 148 valence electrons. The molecule has 1 aliphatic rings. The molecule has 1 aliphatic heterocycles. The van der Waals surface area contributed by atoms with E-state index in [0.717, 1.165) is 16.8 Å². The number of rotatable bonds is 5. The second-order valence-electron chi connectivity index (χ2n) is 6.77. The van der Waals surface area contributed by atoms with Gasteiger partial charge in [0.25, 0.3) is 5.91 Å². The summed E-state index contributed by atoms with van der Waals surface area (Å²) in [7, 11) is 0. The molecule has 5 rings (SSSR count). The van der Waals surface area contributed by atoms with Crippen molar-refractivity contribution in [3.05, 3.63) is 90.1 Å². The number of carbonyl (C=O) groups excluding carboxylic acids is 1. The largest absolute Gasteiger partial charge is 0.454 e. The van der Waals surface area contributed by atoms with Gasteiger partial charge in [-0.15, -0.1) is 5.10 Å². The lowest BCUT2D eigenvalue weighted by molar-refractivity contribution is 0.0946. The monoisotopic (exact) mass is 398 g/mol. The molecule has 1 N–H and O–H groups in total. The van der Waals surface area contributed by atoms with Crippen LogP contribution >= 0.6 is 0 Å². The molecule has 2 heterocycles. The number of hydrogen-bond acceptors (Lipinski definition) is 5. The van der Waals surface area contributed by atoms with Gasteiger partial charge >= 0.3 is 0 Å². The highest BCUT2D eigenvalue weighted by Gasteiger charge is 2.22. The van der Waals surface area contributed by atoms with E-state index in [1.807, 2.05) is 78.9 Å². The summed E-state index contributed by atoms with van der Waals surface area (Å²) in [5.74, 6) is 1.10. The molecule has 1 amide bonds. The summed E-state index contributed by atoms with van der Waals surface area (Å²) in [6, 6.07) is 24.9. The molecule has 4 aromatic rings. The first kappa shape index (κ1) is 17.9. The lowest BCUT2D eigenvalue weighted by atomic mass is 10.1. The second-order valence-corrected chi connectivity index (χ2v) is 6.77. The molecule has 1 aromatic heterocycles. The molecular weight excluding hydrogens is 380 g/mol. The van der Waals surface area contributed by atoms with E-state index in [1.54, 1.807) is 4.68 Å². The molecule has 0 fully saturated rings. The average Bonchev–Trinajstić information content (AvgIpc) is 3.45. The van der Waals surface area contributed by atoms with Crippen molar-refractivity contribution in [3.8, 4) is 28.4 Å². The van der Waals surface area contributed by atoms with Gasteiger partial charge in [0.2, 0.25) is 6.79 Å². The Kier molecular flexibility index (Phi) is 4.61. The van der Waals surface area contributed by atoms with Gasteiger partial charge in [-0.25, -0.2) is 4.68 Å². The minimum absolute atomic E-state index is 0.216. The van der Waals surface area contributed by atoms with Crippen molar-refractivity contribution in [1.29, 1.82) is 0 Å². The highest BCUT2D eigenvalue weighted by atomic mass is 16.7. The fourth-order valence-electron chi connectivity index (χ4n) is 3.36. The molecule has 7 nitrogen and oxygen atoms in total. The van der Waals surface area contributed by atoms with Gasteiger partial charge in [0.15, 0.2) is 17.2 Å². The third-order valence-electron chi connectivity index (χ3n) is 4.82. The van der Waals surface area contributed by atoms with E-state index < -0.39 is 0 Å². The maximum Gasteiger partial charge on any atom is 0.274 e. The smallest absolute Gasteiger partial charge is 0.274 e. The van der Waals surface area contributed by atoms with E-state index in [4.69, 9.17) is 9.47 Å². The molecule has 0 saturated heterocycles. The maximum atomic E-state index is 13.0. The predicted molar refractivity (Wildman–Crippen MR) is 111 cm³/mol. The first-order valence-corrected chi connectivity index (χ1v) is 9.53. The van der Waals surface area contributed by atoms with E-state index in [0.29, 0.717) is 23.7 Å². The molecule has 0 atom stereocenters. The van der Waals surface area contributed by atoms with Crippen molar-refractivity contribution in [2.75, 3.05) is 6.79 Å². The molecule has 0 unspecified atom stereocenters. The van der Waals surface area contributed by atoms with Crippen LogP contribution in [-0.2, 0) is 6.54 Å². The molecule has 7 heteroatoms. The minimum atomic E-state index is -0.297. The van der Waals surface area contributed by atoms with Crippen LogP contribution in [0.5, 0.6) is 11.5 Å². The molecular formula is C23H18N4O3. The van der Waals surface area contributed by atoms with E-state index >= 15 is 0 Å². The molecule has 0 aliphatic carbocycles. The predicted octanol–water partition coefficient (Wildman–Crippen LogP) is 3.59. The molecule has 0 saturated carbocycles. The summed E-state index contributed by atoms with van der Waals surface area (Å²) in [6.45, 7) is 0.552. The normalized spacial score (nSPS) is 12.0. The van der Waals surface area contributed by atoms with Crippen LogP contribution in [0.1, 0.15) is 16.1 Å². The van der Waals surface area contributed by atoms with Crippen molar-refractivity contribution in [3.63, 3.8) is 0 Å². The number of para-hydroxylation sites is 1. The second kappa shape index (κ2) is 7.71. The fourth-order valence-corrected chi connectivity index (χ4v) is 3.36. The minimum Gasteiger partial charge on any atom is -0.454 e. The standard InChI is InChI=1S/C23H18N4O3/c28-23(24-14-16-11-12-19-20(13-16)30-15-29-19)21-22(17-7-3-1-4-8-17)27(26-25-21)18-9-5-2-6-10-18/h1-13H,14-15H2,(H,24,28). The quantitative estimate of drug-likeness (QED) is 0.556. The number of fused-ring (bicyclic) bond motifs is 1. The van der Waals surface area contributed by atoms with Crippen LogP contribution in [0.3, 0.4) is 0 Å². The maximum absolute atomic E-state index is 13.0. The van der Waals surface area contributed by atoms with E-state index in [-0.39, 0.29) is 18.4 Å². The van der Waals surface area contributed by atoms with Crippen LogP contribution in [0.25, 0.3) is 16.9 Å². The van der Waals surface area contributed by atoms with E-state index in [1.165, 1.54) is 0 Å². The Bertz CT molecular complexity index is 1190. The SMILES string of the molecule is O=C(NCc1ccc2c(c1)OCO2)c1nnn(-c2ccccc2)c1-c1ccccc1. The Hall–Kier alpha value is -4.13. The van der Waals surface area contributed by atoms with Crippen LogP contribution in [0.15, 0.2) is 78.9 Å². The van der Waals surface area contributed by atoms with Crippen molar-refractivity contribution < 1.29 is 14.3 Å². The van der Waals surface area contributed by atoms with Crippen molar-refractivity contribution in [1.82, 2.24) is 20.3 Å². The van der Waals surface area contributed by atoms with Crippen molar-refractivity contribution >= 4 is 5.91 Å². The summed E-state index contributed by atoms with van der Waals surface area (Å²) >= 11 is 0. The highest BCUT2D eigenvalue weighted by Crippen LogP contribution is 2.32. The molecule has 3 aromatic carbocycles. The number of nitrogens with one attached hydrogen (secondary N) is 1. The third kappa shape index (κ3) is 3.37. The summed E-state index contributed by atoms with van der Waals surface area (Å²) in [6.07, 6.45) is 0. The van der Waals surface area contributed by atoms with E-state index in [9.17, 15) is 4.79 Å². The average molecular weight is 398 g/mol. The summed E-state index contributed by atoms with van der Waals surface area (Å²) in [5, 5.41) is 11.4. The Morgan fingerprint density at radius 3 is 2.47 bits per heavy atom. The summed E-state index contributed by atoms with van der Waals surface area (Å²) in [4.78, 5) is 13.0. The number of amides is 1. The molecule has 30 heavy (non-hydrogen) atoms. The first-order valence-electron chi connectivity index (χ1n) is 9.53. The van der Waals surface area contributed by atoms with Gasteiger partial charge in [-0.2, -0.15) is 0 Å². The van der Waals surface area contributed by atoms with Crippen LogP contribution in [0.4, 0.5) is 0 Å². The zero-order valence-electron chi connectivity index (χ0n) is 16.0. The number of nitrogens with zero attached hydrogens (tertiary/aromatic N) is 3. The van der Waals surface area contributed by atoms with E-state index in [2.05, 4.69) is 15.6 Å². The number of aromatic nitrogens is 3. The zero-order chi connectivity index (χ0) is 20.3. The number of hydrogen-bond donors (Lipinski definition) is 1. The van der Waals surface area contributed by atoms with Crippen molar-refractivity contribution in [2.45, 2.75) is 6.54 Å². The summed E-state index contributed by atoms with van der Waals surface area (Å²) in [5.41, 5.74) is 3.51. The lowest BCUT2D eigenvalue weighted by Crippen LogP contribution is -2.24. The van der Waals surface area contributed by atoms with Gasteiger partial charge in [-0.3, -0.25) is 4.79 Å². The highest BCUT2D eigenvalue weighted by molar-refractivity contribution is 5.98. The van der Waals surface area contributed by atoms with Crippen LogP contribution in [-0.4, -0.2) is 27.7 Å². The number of carbonyl (C=O) groups is 1. The van der Waals surface area contributed by atoms with Gasteiger partial charge < -0.3 is 14.8 Å². The first-order chi connectivity index (χ1) is 14.8. The molecule has 0 bridgehead atoms. The molecule has 0 spiro atoms. The Balaban J connectivity index is 1.45. The topological polar surface area (TPSA) is 78.3 Å². The van der Waals surface area contributed by atoms with Crippen molar-refractivity contribution in [2.24, 2.45) is 0 Å². The molecule has 0 radical (unpaired) electrons. The van der Waals surface area contributed by atoms with Crippen LogP contribution in [0.2, 0.25) is 0 Å². The number of ether oxygens (including phenoxy) is 2. The lowest BCUT2D eigenvalue weighted by Gasteiger charge is -2.09. The van der Waals surface area contributed by atoms with Gasteiger partial charge in [-0.05, 0) is 29.8 Å². The Labute approximate surface area is 172 Å². The summed E-state index contributed by atoms with van der Waals surface area (Å²) < 4.78 is 12.4. The van der Waals surface area contributed by atoms with Gasteiger partial charge in [-0.1, -0.05) is 59.8 Å². The number of benzene rings is 3. The Morgan fingerprint density at radius 1 is 0.933 bits per heavy atom. The van der Waals surface area contributed by atoms with Gasteiger partial charge in [0, 0.05) is 12.1 Å². The van der Waals surface area contributed by atoms with Gasteiger partial charge in [0.1, 0.15) is 5.69 Å². The van der Waals surface area contributed by atoms with Gasteiger partial charge in [0.05, 0.1) is 5.69 Å². The van der Waals surface area contributed by atoms with Crippen LogP contribution in [0, 0.1) is 0 Å². The zero-order valence-corrected chi connectivity index (χ0v) is 16.0. The third-order valence-corrected chi connectivity index (χ3v) is 4.82. The Morgan fingerprint density at radius 2 is 1.67 bits per heavy atom.